The Hall–Kier alpha value is -1.99. The predicted octanol–water partition coefficient (Wildman–Crippen LogP) is 2.38. The molecule has 1 saturated carbocycles. The number of rotatable bonds is 5. The summed E-state index contributed by atoms with van der Waals surface area (Å²) in [7, 11) is 0. The van der Waals surface area contributed by atoms with Gasteiger partial charge in [-0.15, -0.1) is 0 Å². The second kappa shape index (κ2) is 7.44. The monoisotopic (exact) mass is 398 g/mol. The molecule has 28 heavy (non-hydrogen) atoms. The van der Waals surface area contributed by atoms with Crippen LogP contribution in [0.25, 0.3) is 0 Å². The molecule has 2 aromatic heterocycles. The maximum absolute atomic E-state index is 12.7. The van der Waals surface area contributed by atoms with Crippen LogP contribution in [0.4, 0.5) is 0 Å². The van der Waals surface area contributed by atoms with Gasteiger partial charge in [-0.3, -0.25) is 14.5 Å². The minimum Gasteiger partial charge on any atom is -0.354 e. The molecule has 0 aromatic carbocycles. The maximum atomic E-state index is 12.7. The molecule has 4 heterocycles. The lowest BCUT2D eigenvalue weighted by molar-refractivity contribution is -0.127. The van der Waals surface area contributed by atoms with E-state index in [1.54, 1.807) is 6.07 Å². The van der Waals surface area contributed by atoms with Gasteiger partial charge in [-0.05, 0) is 48.3 Å². The molecule has 6 nitrogen and oxygen atoms in total. The van der Waals surface area contributed by atoms with Crippen molar-refractivity contribution in [3.63, 3.8) is 0 Å². The Labute approximate surface area is 168 Å². The highest BCUT2D eigenvalue weighted by Gasteiger charge is 2.40. The number of amides is 1. The van der Waals surface area contributed by atoms with Crippen LogP contribution in [0.15, 0.2) is 34.6 Å². The summed E-state index contributed by atoms with van der Waals surface area (Å²) in [5, 5.41) is 5.27. The second-order valence-electron chi connectivity index (χ2n) is 8.52. The quantitative estimate of drug-likeness (QED) is 0.840. The first-order valence-electron chi connectivity index (χ1n) is 10.3. The zero-order valence-corrected chi connectivity index (χ0v) is 16.7. The van der Waals surface area contributed by atoms with Crippen molar-refractivity contribution in [1.29, 1.82) is 0 Å². The van der Waals surface area contributed by atoms with Gasteiger partial charge in [-0.25, -0.2) is 4.37 Å². The van der Waals surface area contributed by atoms with Gasteiger partial charge in [0.15, 0.2) is 0 Å². The van der Waals surface area contributed by atoms with E-state index in [4.69, 9.17) is 0 Å². The van der Waals surface area contributed by atoms with Crippen LogP contribution < -0.4 is 10.9 Å². The van der Waals surface area contributed by atoms with Gasteiger partial charge in [-0.1, -0.05) is 12.5 Å². The van der Waals surface area contributed by atoms with Gasteiger partial charge in [0.1, 0.15) is 0 Å². The van der Waals surface area contributed by atoms with E-state index >= 15 is 0 Å². The van der Waals surface area contributed by atoms with Crippen molar-refractivity contribution in [2.45, 2.75) is 44.2 Å². The molecule has 7 heteroatoms. The van der Waals surface area contributed by atoms with Crippen LogP contribution in [-0.4, -0.2) is 39.4 Å². The number of fused-ring (bicyclic) bond motifs is 4. The molecule has 0 radical (unpaired) electrons. The standard InChI is InChI=1S/C21H26N4O2S/c26-20-6-2-5-18-16-7-17(12-24(11-16)10-14-8-23-28-13-14)19(25(18)20)9-22-21(27)15-3-1-4-15/h2,5-6,8,13,15-17,19H,1,3-4,7,9-12H2,(H,22,27)/t16-,17+,19+/m1/s1. The van der Waals surface area contributed by atoms with E-state index < -0.39 is 0 Å². The predicted molar refractivity (Wildman–Crippen MR) is 108 cm³/mol. The Morgan fingerprint density at radius 1 is 1.29 bits per heavy atom. The Kier molecular flexibility index (Phi) is 4.80. The lowest BCUT2D eigenvalue weighted by Gasteiger charge is -2.47. The number of hydrogen-bond donors (Lipinski definition) is 1. The first-order chi connectivity index (χ1) is 13.7. The molecule has 2 aliphatic heterocycles. The van der Waals surface area contributed by atoms with Gasteiger partial charge in [0, 0.05) is 61.4 Å². The van der Waals surface area contributed by atoms with Crippen molar-refractivity contribution in [3.05, 3.63) is 51.4 Å². The molecule has 5 rings (SSSR count). The van der Waals surface area contributed by atoms with E-state index in [1.807, 2.05) is 16.8 Å². The fourth-order valence-electron chi connectivity index (χ4n) is 5.11. The summed E-state index contributed by atoms with van der Waals surface area (Å²) in [5.41, 5.74) is 2.44. The van der Waals surface area contributed by atoms with Crippen LogP contribution in [0.1, 0.15) is 48.9 Å². The topological polar surface area (TPSA) is 67.2 Å². The van der Waals surface area contributed by atoms with Crippen LogP contribution in [0.2, 0.25) is 0 Å². The molecule has 2 bridgehead atoms. The Balaban J connectivity index is 1.39. The zero-order chi connectivity index (χ0) is 19.1. The number of likely N-dealkylation sites (tertiary alicyclic amines) is 1. The highest BCUT2D eigenvalue weighted by Crippen LogP contribution is 2.41. The molecule has 0 spiro atoms. The van der Waals surface area contributed by atoms with E-state index in [-0.39, 0.29) is 23.4 Å². The SMILES string of the molecule is O=C(NC[C@H]1[C@H]2C[C@H](CN(Cc3cnsc3)C2)c2cccc(=O)n21)C1CCC1. The molecular weight excluding hydrogens is 372 g/mol. The molecule has 0 unspecified atom stereocenters. The van der Waals surface area contributed by atoms with Crippen molar-refractivity contribution in [2.75, 3.05) is 19.6 Å². The molecule has 1 saturated heterocycles. The lowest BCUT2D eigenvalue weighted by atomic mass is 9.78. The number of nitrogens with one attached hydrogen (secondary N) is 1. The van der Waals surface area contributed by atoms with Crippen molar-refractivity contribution in [1.82, 2.24) is 19.2 Å². The smallest absolute Gasteiger partial charge is 0.251 e. The number of carbonyl (C=O) groups excluding carboxylic acids is 1. The van der Waals surface area contributed by atoms with Crippen molar-refractivity contribution < 1.29 is 4.79 Å². The van der Waals surface area contributed by atoms with Gasteiger partial charge >= 0.3 is 0 Å². The average molecular weight is 399 g/mol. The second-order valence-corrected chi connectivity index (χ2v) is 9.18. The molecule has 1 amide bonds. The Bertz CT molecular complexity index is 905. The van der Waals surface area contributed by atoms with Crippen LogP contribution in [0.3, 0.4) is 0 Å². The largest absolute Gasteiger partial charge is 0.354 e. The minimum atomic E-state index is 0.0346. The lowest BCUT2D eigenvalue weighted by Crippen LogP contribution is -2.52. The third-order valence-corrected chi connectivity index (χ3v) is 7.36. The first kappa shape index (κ1) is 18.1. The number of nitrogens with zero attached hydrogens (tertiary/aromatic N) is 3. The third kappa shape index (κ3) is 3.31. The third-order valence-electron chi connectivity index (χ3n) is 6.73. The molecule has 2 fully saturated rings. The van der Waals surface area contributed by atoms with Gasteiger partial charge in [0.2, 0.25) is 5.91 Å². The number of carbonyl (C=O) groups is 1. The van der Waals surface area contributed by atoms with Crippen LogP contribution in [0.5, 0.6) is 0 Å². The van der Waals surface area contributed by atoms with E-state index in [0.29, 0.717) is 18.4 Å². The number of hydrogen-bond acceptors (Lipinski definition) is 5. The number of aromatic nitrogens is 2. The molecule has 1 N–H and O–H groups in total. The average Bonchev–Trinajstić information content (AvgIpc) is 3.13. The molecule has 3 atom stereocenters. The summed E-state index contributed by atoms with van der Waals surface area (Å²) in [4.78, 5) is 27.6. The van der Waals surface area contributed by atoms with Gasteiger partial charge in [0.05, 0.1) is 6.04 Å². The molecule has 2 aromatic rings. The molecular formula is C21H26N4O2S. The summed E-state index contributed by atoms with van der Waals surface area (Å²) >= 11 is 1.49. The van der Waals surface area contributed by atoms with Crippen LogP contribution in [0, 0.1) is 11.8 Å². The highest BCUT2D eigenvalue weighted by molar-refractivity contribution is 7.03. The molecule has 3 aliphatic rings. The van der Waals surface area contributed by atoms with Crippen molar-refractivity contribution in [2.24, 2.45) is 11.8 Å². The van der Waals surface area contributed by atoms with Gasteiger partial charge < -0.3 is 9.88 Å². The summed E-state index contributed by atoms with van der Waals surface area (Å²) < 4.78 is 6.20. The van der Waals surface area contributed by atoms with E-state index in [0.717, 1.165) is 51.0 Å². The summed E-state index contributed by atoms with van der Waals surface area (Å²) in [6.07, 6.45) is 6.19. The Morgan fingerprint density at radius 3 is 2.93 bits per heavy atom. The summed E-state index contributed by atoms with van der Waals surface area (Å²) in [6, 6.07) is 5.66. The normalized spacial score (nSPS) is 27.1. The fourth-order valence-corrected chi connectivity index (χ4v) is 5.64. The minimum absolute atomic E-state index is 0.0346. The molecule has 1 aliphatic carbocycles. The van der Waals surface area contributed by atoms with Crippen LogP contribution in [-0.2, 0) is 11.3 Å². The number of pyridine rings is 1. The zero-order valence-electron chi connectivity index (χ0n) is 15.9. The summed E-state index contributed by atoms with van der Waals surface area (Å²) in [5.74, 6) is 1.09. The highest BCUT2D eigenvalue weighted by atomic mass is 32.1. The summed E-state index contributed by atoms with van der Waals surface area (Å²) in [6.45, 7) is 3.38. The van der Waals surface area contributed by atoms with Crippen LogP contribution >= 0.6 is 11.5 Å². The first-order valence-corrected chi connectivity index (χ1v) is 11.1. The Morgan fingerprint density at radius 2 is 2.18 bits per heavy atom. The van der Waals surface area contributed by atoms with E-state index in [1.165, 1.54) is 17.1 Å². The van der Waals surface area contributed by atoms with Crippen molar-refractivity contribution >= 4 is 17.4 Å². The molecule has 148 valence electrons. The maximum Gasteiger partial charge on any atom is 0.251 e. The van der Waals surface area contributed by atoms with Gasteiger partial charge in [0.25, 0.3) is 5.56 Å². The fraction of sp³-hybridized carbons (Fsp3) is 0.571. The van der Waals surface area contributed by atoms with Crippen molar-refractivity contribution in [3.8, 4) is 0 Å². The van der Waals surface area contributed by atoms with Gasteiger partial charge in [-0.2, -0.15) is 0 Å². The van der Waals surface area contributed by atoms with E-state index in [2.05, 4.69) is 26.0 Å². The number of piperidine rings is 1. The van der Waals surface area contributed by atoms with E-state index in [9.17, 15) is 9.59 Å².